The molecule has 0 aliphatic heterocycles. The van der Waals surface area contributed by atoms with Gasteiger partial charge >= 0.3 is 0 Å². The Morgan fingerprint density at radius 2 is 1.93 bits per heavy atom. The van der Waals surface area contributed by atoms with E-state index in [1.54, 1.807) is 12.1 Å². The van der Waals surface area contributed by atoms with E-state index in [1.165, 1.54) is 0 Å². The first kappa shape index (κ1) is 22.3. The number of furan rings is 2. The summed E-state index contributed by atoms with van der Waals surface area (Å²) in [4.78, 5) is 12.2. The van der Waals surface area contributed by atoms with Crippen LogP contribution < -0.4 is 11.1 Å². The van der Waals surface area contributed by atoms with Crippen molar-refractivity contribution < 1.29 is 13.6 Å². The van der Waals surface area contributed by atoms with E-state index in [1.807, 2.05) is 32.0 Å². The van der Waals surface area contributed by atoms with Crippen LogP contribution >= 0.6 is 24.0 Å². The molecule has 3 aromatic rings. The molecule has 0 saturated heterocycles. The number of nitrogens with two attached hydrogens (primary N) is 1. The van der Waals surface area contributed by atoms with E-state index in [0.717, 1.165) is 22.3 Å². The van der Waals surface area contributed by atoms with Gasteiger partial charge in [-0.15, -0.1) is 12.4 Å². The number of benzene rings is 1. The van der Waals surface area contributed by atoms with Gasteiger partial charge in [-0.3, -0.25) is 4.79 Å². The molecule has 7 heteroatoms. The number of nitrogens with one attached hydrogen (secondary N) is 1. The van der Waals surface area contributed by atoms with Gasteiger partial charge < -0.3 is 19.9 Å². The number of rotatable bonds is 6. The first-order valence-electron chi connectivity index (χ1n) is 9.00. The highest BCUT2D eigenvalue weighted by atomic mass is 35.5. The SMILES string of the molecule is CC(C)c1cc2cc(Cl)cc(Cc3ccc(C(=O)NCC(C)(C)N)o3)c2o1.Cl. The molecule has 152 valence electrons. The molecule has 3 rings (SSSR count). The van der Waals surface area contributed by atoms with Gasteiger partial charge in [-0.2, -0.15) is 0 Å². The average Bonchev–Trinajstić information content (AvgIpc) is 3.18. The lowest BCUT2D eigenvalue weighted by atomic mass is 10.1. The minimum atomic E-state index is -0.481. The zero-order valence-electron chi connectivity index (χ0n) is 16.5. The molecule has 28 heavy (non-hydrogen) atoms. The van der Waals surface area contributed by atoms with Crippen molar-refractivity contribution in [2.75, 3.05) is 6.54 Å². The average molecular weight is 425 g/mol. The van der Waals surface area contributed by atoms with E-state index < -0.39 is 5.54 Å². The lowest BCUT2D eigenvalue weighted by molar-refractivity contribution is 0.0916. The topological polar surface area (TPSA) is 81.4 Å². The summed E-state index contributed by atoms with van der Waals surface area (Å²) < 4.78 is 11.7. The van der Waals surface area contributed by atoms with Crippen molar-refractivity contribution in [1.29, 1.82) is 0 Å². The number of carbonyl (C=O) groups excluding carboxylic acids is 1. The van der Waals surface area contributed by atoms with Gasteiger partial charge in [-0.25, -0.2) is 0 Å². The normalized spacial score (nSPS) is 11.7. The molecule has 5 nitrogen and oxygen atoms in total. The molecule has 0 aliphatic carbocycles. The Bertz CT molecular complexity index is 968. The number of hydrogen-bond donors (Lipinski definition) is 2. The third kappa shape index (κ3) is 5.31. The number of carbonyl (C=O) groups is 1. The van der Waals surface area contributed by atoms with Crippen molar-refractivity contribution in [2.24, 2.45) is 5.73 Å². The highest BCUT2D eigenvalue weighted by Crippen LogP contribution is 2.31. The fourth-order valence-corrected chi connectivity index (χ4v) is 3.05. The highest BCUT2D eigenvalue weighted by molar-refractivity contribution is 6.31. The molecule has 0 fully saturated rings. The van der Waals surface area contributed by atoms with Crippen LogP contribution in [0.2, 0.25) is 5.02 Å². The van der Waals surface area contributed by atoms with Crippen LogP contribution in [0.4, 0.5) is 0 Å². The molecule has 1 amide bonds. The van der Waals surface area contributed by atoms with Crippen LogP contribution in [0.25, 0.3) is 11.0 Å². The standard InChI is InChI=1S/C21H25ClN2O3.ClH/c1-12(2)18-10-14-8-15(22)7-13(19(14)27-18)9-16-5-6-17(26-16)20(25)24-11-21(3,4)23;/h5-8,10,12H,9,11,23H2,1-4H3,(H,24,25);1H. The van der Waals surface area contributed by atoms with Crippen molar-refractivity contribution in [3.63, 3.8) is 0 Å². The maximum absolute atomic E-state index is 12.2. The quantitative estimate of drug-likeness (QED) is 0.563. The first-order valence-corrected chi connectivity index (χ1v) is 9.38. The summed E-state index contributed by atoms with van der Waals surface area (Å²) in [5.41, 5.74) is 7.14. The minimum absolute atomic E-state index is 0. The van der Waals surface area contributed by atoms with Crippen LogP contribution in [0.5, 0.6) is 0 Å². The van der Waals surface area contributed by atoms with Gasteiger partial charge in [0, 0.05) is 40.4 Å². The van der Waals surface area contributed by atoms with E-state index >= 15 is 0 Å². The van der Waals surface area contributed by atoms with Crippen molar-refractivity contribution >= 4 is 40.9 Å². The number of fused-ring (bicyclic) bond motifs is 1. The van der Waals surface area contributed by atoms with Gasteiger partial charge in [0.25, 0.3) is 5.91 Å². The number of hydrogen-bond acceptors (Lipinski definition) is 4. The highest BCUT2D eigenvalue weighted by Gasteiger charge is 2.18. The minimum Gasteiger partial charge on any atom is -0.461 e. The predicted octanol–water partition coefficient (Wildman–Crippen LogP) is 5.28. The van der Waals surface area contributed by atoms with E-state index in [9.17, 15) is 4.79 Å². The lowest BCUT2D eigenvalue weighted by Crippen LogP contribution is -2.45. The summed E-state index contributed by atoms with van der Waals surface area (Å²) in [7, 11) is 0. The summed E-state index contributed by atoms with van der Waals surface area (Å²) in [5, 5.41) is 4.38. The van der Waals surface area contributed by atoms with Crippen molar-refractivity contribution in [1.82, 2.24) is 5.32 Å². The lowest BCUT2D eigenvalue weighted by Gasteiger charge is -2.18. The molecule has 1 aromatic carbocycles. The third-order valence-corrected chi connectivity index (χ3v) is 4.42. The Hall–Kier alpha value is -1.95. The molecule has 0 atom stereocenters. The molecule has 0 bridgehead atoms. The zero-order chi connectivity index (χ0) is 19.8. The van der Waals surface area contributed by atoms with Gasteiger partial charge in [-0.1, -0.05) is 25.4 Å². The Balaban J connectivity index is 0.00000280. The maximum Gasteiger partial charge on any atom is 0.287 e. The van der Waals surface area contributed by atoms with E-state index in [4.69, 9.17) is 26.2 Å². The molecule has 0 aliphatic rings. The van der Waals surface area contributed by atoms with Crippen LogP contribution in [0.1, 0.15) is 61.3 Å². The molecule has 2 aromatic heterocycles. The Morgan fingerprint density at radius 3 is 2.57 bits per heavy atom. The Morgan fingerprint density at radius 1 is 1.21 bits per heavy atom. The summed E-state index contributed by atoms with van der Waals surface area (Å²) >= 11 is 6.27. The second kappa shape index (κ2) is 8.60. The maximum atomic E-state index is 12.2. The molecule has 3 N–H and O–H groups in total. The first-order chi connectivity index (χ1) is 12.6. The molecule has 0 saturated carbocycles. The van der Waals surface area contributed by atoms with Crippen LogP contribution in [0, 0.1) is 0 Å². The molecule has 2 heterocycles. The van der Waals surface area contributed by atoms with E-state index in [-0.39, 0.29) is 30.0 Å². The summed E-state index contributed by atoms with van der Waals surface area (Å²) in [6.07, 6.45) is 0.484. The molecule has 0 unspecified atom stereocenters. The third-order valence-electron chi connectivity index (χ3n) is 4.20. The molecule has 0 spiro atoms. The summed E-state index contributed by atoms with van der Waals surface area (Å²) in [6.45, 7) is 8.22. The molecule has 0 radical (unpaired) electrons. The van der Waals surface area contributed by atoms with Gasteiger partial charge in [0.05, 0.1) is 0 Å². The Kier molecular flexibility index (Phi) is 6.86. The summed E-state index contributed by atoms with van der Waals surface area (Å²) in [6, 6.07) is 9.24. The molecular formula is C21H26Cl2N2O3. The van der Waals surface area contributed by atoms with Crippen LogP contribution in [0.3, 0.4) is 0 Å². The van der Waals surface area contributed by atoms with Crippen LogP contribution in [0.15, 0.2) is 39.2 Å². The van der Waals surface area contributed by atoms with E-state index in [0.29, 0.717) is 23.7 Å². The summed E-state index contributed by atoms with van der Waals surface area (Å²) in [5.74, 6) is 1.84. The fraction of sp³-hybridized carbons (Fsp3) is 0.381. The van der Waals surface area contributed by atoms with Crippen molar-refractivity contribution in [3.8, 4) is 0 Å². The van der Waals surface area contributed by atoms with Gasteiger partial charge in [0.2, 0.25) is 0 Å². The fourth-order valence-electron chi connectivity index (χ4n) is 2.80. The van der Waals surface area contributed by atoms with Crippen molar-refractivity contribution in [2.45, 2.75) is 45.6 Å². The largest absolute Gasteiger partial charge is 0.461 e. The predicted molar refractivity (Wildman–Crippen MR) is 115 cm³/mol. The molecular weight excluding hydrogens is 399 g/mol. The second-order valence-electron chi connectivity index (χ2n) is 7.90. The van der Waals surface area contributed by atoms with Crippen LogP contribution in [-0.2, 0) is 6.42 Å². The monoisotopic (exact) mass is 424 g/mol. The zero-order valence-corrected chi connectivity index (χ0v) is 18.0. The van der Waals surface area contributed by atoms with Gasteiger partial charge in [0.15, 0.2) is 5.76 Å². The smallest absolute Gasteiger partial charge is 0.287 e. The second-order valence-corrected chi connectivity index (χ2v) is 8.34. The van der Waals surface area contributed by atoms with Crippen LogP contribution in [-0.4, -0.2) is 18.0 Å². The Labute approximate surface area is 176 Å². The van der Waals surface area contributed by atoms with Crippen molar-refractivity contribution in [3.05, 3.63) is 58.2 Å². The van der Waals surface area contributed by atoms with Gasteiger partial charge in [0.1, 0.15) is 17.1 Å². The van der Waals surface area contributed by atoms with E-state index in [2.05, 4.69) is 19.2 Å². The van der Waals surface area contributed by atoms with Gasteiger partial charge in [-0.05, 0) is 44.2 Å². The number of halogens is 2. The number of amides is 1.